The minimum atomic E-state index is -3.96. The molecule has 1 atom stereocenters. The standard InChI is InChI=1S/C26H27ClFN3O4S/c1-29-26(33)24(15-19-8-4-3-5-9-19)30(17-20-10-6-11-21(27)14-20)25(32)18-31(36(2,34)35)23-13-7-12-22(28)16-23/h3-14,16,24H,15,17-18H2,1-2H3,(H,29,33). The highest BCUT2D eigenvalue weighted by Crippen LogP contribution is 2.21. The van der Waals surface area contributed by atoms with Crippen molar-refractivity contribution >= 4 is 39.1 Å². The second kappa shape index (κ2) is 12.0. The van der Waals surface area contributed by atoms with E-state index in [0.29, 0.717) is 10.6 Å². The smallest absolute Gasteiger partial charge is 0.244 e. The van der Waals surface area contributed by atoms with E-state index in [1.54, 1.807) is 24.3 Å². The predicted molar refractivity (Wildman–Crippen MR) is 139 cm³/mol. The van der Waals surface area contributed by atoms with E-state index in [9.17, 15) is 22.4 Å². The molecule has 0 saturated carbocycles. The number of hydrogen-bond acceptors (Lipinski definition) is 4. The third-order valence-corrected chi connectivity index (χ3v) is 6.91. The van der Waals surface area contributed by atoms with Gasteiger partial charge in [-0.1, -0.05) is 60.1 Å². The third kappa shape index (κ3) is 7.29. The number of nitrogens with zero attached hydrogens (tertiary/aromatic N) is 2. The molecular formula is C26H27ClFN3O4S. The molecule has 0 saturated heterocycles. The molecule has 0 aliphatic heterocycles. The largest absolute Gasteiger partial charge is 0.357 e. The molecule has 0 spiro atoms. The number of halogens is 2. The van der Waals surface area contributed by atoms with E-state index in [1.165, 1.54) is 30.1 Å². The van der Waals surface area contributed by atoms with Gasteiger partial charge in [-0.05, 0) is 41.5 Å². The zero-order valence-corrected chi connectivity index (χ0v) is 21.5. The first-order chi connectivity index (χ1) is 17.1. The molecule has 0 aliphatic carbocycles. The van der Waals surface area contributed by atoms with Crippen molar-refractivity contribution in [3.05, 3.63) is 101 Å². The van der Waals surface area contributed by atoms with Crippen molar-refractivity contribution in [3.8, 4) is 0 Å². The number of amides is 2. The van der Waals surface area contributed by atoms with Gasteiger partial charge < -0.3 is 10.2 Å². The highest BCUT2D eigenvalue weighted by atomic mass is 35.5. The van der Waals surface area contributed by atoms with E-state index in [0.717, 1.165) is 22.2 Å². The molecule has 10 heteroatoms. The van der Waals surface area contributed by atoms with Gasteiger partial charge in [0.25, 0.3) is 0 Å². The van der Waals surface area contributed by atoms with Crippen LogP contribution in [-0.4, -0.2) is 51.0 Å². The summed E-state index contributed by atoms with van der Waals surface area (Å²) in [5.41, 5.74) is 1.49. The van der Waals surface area contributed by atoms with Gasteiger partial charge in [-0.2, -0.15) is 0 Å². The zero-order valence-electron chi connectivity index (χ0n) is 19.9. The van der Waals surface area contributed by atoms with Gasteiger partial charge in [0.15, 0.2) is 0 Å². The van der Waals surface area contributed by atoms with Gasteiger partial charge >= 0.3 is 0 Å². The van der Waals surface area contributed by atoms with Crippen LogP contribution in [0.2, 0.25) is 5.02 Å². The second-order valence-corrected chi connectivity index (χ2v) is 10.6. The molecule has 36 heavy (non-hydrogen) atoms. The Labute approximate surface area is 215 Å². The molecule has 190 valence electrons. The molecule has 0 fully saturated rings. The van der Waals surface area contributed by atoms with Crippen molar-refractivity contribution < 1.29 is 22.4 Å². The van der Waals surface area contributed by atoms with Crippen LogP contribution in [0, 0.1) is 5.82 Å². The molecule has 0 heterocycles. The lowest BCUT2D eigenvalue weighted by Gasteiger charge is -2.33. The first kappa shape index (κ1) is 27.2. The third-order valence-electron chi connectivity index (χ3n) is 5.53. The van der Waals surface area contributed by atoms with Crippen LogP contribution in [0.1, 0.15) is 11.1 Å². The van der Waals surface area contributed by atoms with Gasteiger partial charge in [0, 0.05) is 25.0 Å². The molecule has 1 unspecified atom stereocenters. The summed E-state index contributed by atoms with van der Waals surface area (Å²) < 4.78 is 39.9. The maximum absolute atomic E-state index is 13.9. The Kier molecular flexibility index (Phi) is 9.06. The molecule has 3 rings (SSSR count). The molecule has 1 N–H and O–H groups in total. The highest BCUT2D eigenvalue weighted by molar-refractivity contribution is 7.92. The topological polar surface area (TPSA) is 86.8 Å². The molecular weight excluding hydrogens is 505 g/mol. The SMILES string of the molecule is CNC(=O)C(Cc1ccccc1)N(Cc1cccc(Cl)c1)C(=O)CN(c1cccc(F)c1)S(C)(=O)=O. The molecule has 2 amide bonds. The van der Waals surface area contributed by atoms with Gasteiger partial charge in [0.05, 0.1) is 11.9 Å². The summed E-state index contributed by atoms with van der Waals surface area (Å²) in [5, 5.41) is 3.06. The van der Waals surface area contributed by atoms with Crippen molar-refractivity contribution in [1.29, 1.82) is 0 Å². The number of likely N-dealkylation sites (N-methyl/N-ethyl adjacent to an activating group) is 1. The van der Waals surface area contributed by atoms with Crippen LogP contribution in [0.5, 0.6) is 0 Å². The van der Waals surface area contributed by atoms with Gasteiger partial charge in [-0.15, -0.1) is 0 Å². The Morgan fingerprint density at radius 2 is 1.64 bits per heavy atom. The fourth-order valence-corrected chi connectivity index (χ4v) is 4.85. The summed E-state index contributed by atoms with van der Waals surface area (Å²) >= 11 is 6.14. The minimum absolute atomic E-state index is 0.00503. The Bertz CT molecular complexity index is 1320. The van der Waals surface area contributed by atoms with Crippen LogP contribution in [0.25, 0.3) is 0 Å². The number of benzene rings is 3. The van der Waals surface area contributed by atoms with Crippen molar-refractivity contribution in [3.63, 3.8) is 0 Å². The van der Waals surface area contributed by atoms with Crippen LogP contribution >= 0.6 is 11.6 Å². The van der Waals surface area contributed by atoms with Crippen molar-refractivity contribution in [2.24, 2.45) is 0 Å². The summed E-state index contributed by atoms with van der Waals surface area (Å²) in [5.74, 6) is -1.68. The average Bonchev–Trinajstić information content (AvgIpc) is 2.84. The number of carbonyl (C=O) groups excluding carboxylic acids is 2. The van der Waals surface area contributed by atoms with Crippen molar-refractivity contribution in [2.45, 2.75) is 19.0 Å². The molecule has 0 radical (unpaired) electrons. The van der Waals surface area contributed by atoms with E-state index in [-0.39, 0.29) is 18.7 Å². The van der Waals surface area contributed by atoms with Crippen LogP contribution < -0.4 is 9.62 Å². The molecule has 0 aliphatic rings. The predicted octanol–water partition coefficient (Wildman–Crippen LogP) is 3.63. The fraction of sp³-hybridized carbons (Fsp3) is 0.231. The number of carbonyl (C=O) groups is 2. The van der Waals surface area contributed by atoms with Gasteiger partial charge in [-0.25, -0.2) is 12.8 Å². The van der Waals surface area contributed by atoms with E-state index < -0.39 is 40.2 Å². The van der Waals surface area contributed by atoms with Crippen LogP contribution in [0.15, 0.2) is 78.9 Å². The van der Waals surface area contributed by atoms with Gasteiger partial charge in [-0.3, -0.25) is 13.9 Å². The lowest BCUT2D eigenvalue weighted by atomic mass is 10.0. The molecule has 7 nitrogen and oxygen atoms in total. The maximum Gasteiger partial charge on any atom is 0.244 e. The summed E-state index contributed by atoms with van der Waals surface area (Å²) in [7, 11) is -2.49. The quantitative estimate of drug-likeness (QED) is 0.433. The lowest BCUT2D eigenvalue weighted by Crippen LogP contribution is -2.52. The van der Waals surface area contributed by atoms with E-state index in [2.05, 4.69) is 5.32 Å². The number of sulfonamides is 1. The van der Waals surface area contributed by atoms with Crippen molar-refractivity contribution in [2.75, 3.05) is 24.2 Å². The summed E-state index contributed by atoms with van der Waals surface area (Å²) in [6.07, 6.45) is 1.14. The van der Waals surface area contributed by atoms with Crippen LogP contribution in [0.4, 0.5) is 10.1 Å². The van der Waals surface area contributed by atoms with Gasteiger partial charge in [0.1, 0.15) is 18.4 Å². The Morgan fingerprint density at radius 3 is 2.25 bits per heavy atom. The molecule has 3 aromatic carbocycles. The Morgan fingerprint density at radius 1 is 0.972 bits per heavy atom. The Hall–Kier alpha value is -3.43. The summed E-state index contributed by atoms with van der Waals surface area (Å²) in [6.45, 7) is -0.615. The zero-order chi connectivity index (χ0) is 26.3. The van der Waals surface area contributed by atoms with E-state index >= 15 is 0 Å². The molecule has 0 bridgehead atoms. The molecule has 3 aromatic rings. The summed E-state index contributed by atoms with van der Waals surface area (Å²) in [6, 6.07) is 20.1. The van der Waals surface area contributed by atoms with Crippen LogP contribution in [0.3, 0.4) is 0 Å². The van der Waals surface area contributed by atoms with Crippen LogP contribution in [-0.2, 0) is 32.6 Å². The number of hydrogen-bond donors (Lipinski definition) is 1. The number of anilines is 1. The minimum Gasteiger partial charge on any atom is -0.357 e. The van der Waals surface area contributed by atoms with Gasteiger partial charge in [0.2, 0.25) is 21.8 Å². The monoisotopic (exact) mass is 531 g/mol. The first-order valence-electron chi connectivity index (χ1n) is 11.1. The lowest BCUT2D eigenvalue weighted by molar-refractivity contribution is -0.139. The van der Waals surface area contributed by atoms with Crippen molar-refractivity contribution in [1.82, 2.24) is 10.2 Å². The second-order valence-electron chi connectivity index (χ2n) is 8.22. The summed E-state index contributed by atoms with van der Waals surface area (Å²) in [4.78, 5) is 28.0. The highest BCUT2D eigenvalue weighted by Gasteiger charge is 2.32. The number of nitrogens with one attached hydrogen (secondary N) is 1. The normalized spacial score (nSPS) is 12.0. The average molecular weight is 532 g/mol. The first-order valence-corrected chi connectivity index (χ1v) is 13.3. The van der Waals surface area contributed by atoms with E-state index in [1.807, 2.05) is 30.3 Å². The Balaban J connectivity index is 2.03. The van der Waals surface area contributed by atoms with E-state index in [4.69, 9.17) is 11.6 Å². The maximum atomic E-state index is 13.9. The molecule has 0 aromatic heterocycles. The number of rotatable bonds is 10. The fourth-order valence-electron chi connectivity index (χ4n) is 3.80.